The molecule has 66 valence electrons. The van der Waals surface area contributed by atoms with Crippen LogP contribution in [0.5, 0.6) is 5.75 Å². The third-order valence-electron chi connectivity index (χ3n) is 2.09. The van der Waals surface area contributed by atoms with Crippen molar-refractivity contribution >= 4 is 0 Å². The van der Waals surface area contributed by atoms with Crippen molar-refractivity contribution in [2.75, 3.05) is 0 Å². The summed E-state index contributed by atoms with van der Waals surface area (Å²) < 4.78 is 0. The predicted octanol–water partition coefficient (Wildman–Crippen LogP) is 3.13. The first-order valence-corrected chi connectivity index (χ1v) is 4.32. The smallest absolute Gasteiger partial charge is 0.119 e. The topological polar surface area (TPSA) is 20.2 Å². The second kappa shape index (κ2) is 3.18. The molecule has 0 aliphatic carbocycles. The van der Waals surface area contributed by atoms with E-state index in [4.69, 9.17) is 0 Å². The van der Waals surface area contributed by atoms with Gasteiger partial charge < -0.3 is 5.11 Å². The van der Waals surface area contributed by atoms with Crippen LogP contribution >= 0.6 is 0 Å². The second-order valence-corrected chi connectivity index (χ2v) is 3.67. The van der Waals surface area contributed by atoms with Crippen molar-refractivity contribution < 1.29 is 5.11 Å². The van der Waals surface area contributed by atoms with Gasteiger partial charge in [0, 0.05) is 0 Å². The van der Waals surface area contributed by atoms with Gasteiger partial charge in [0.1, 0.15) is 5.75 Å². The van der Waals surface area contributed by atoms with Crippen molar-refractivity contribution in [1.29, 1.82) is 0 Å². The molecule has 0 bridgehead atoms. The summed E-state index contributed by atoms with van der Waals surface area (Å²) in [4.78, 5) is 0. The van der Waals surface area contributed by atoms with Gasteiger partial charge in [-0.25, -0.2) is 0 Å². The molecule has 0 aliphatic heterocycles. The summed E-state index contributed by atoms with van der Waals surface area (Å²) in [5.74, 6) is 0.827. The molecule has 1 aromatic rings. The van der Waals surface area contributed by atoms with Crippen LogP contribution in [-0.4, -0.2) is 5.11 Å². The summed E-state index contributed by atoms with van der Waals surface area (Å²) >= 11 is 0. The molecule has 0 heterocycles. The van der Waals surface area contributed by atoms with Gasteiger partial charge in [0.05, 0.1) is 0 Å². The van der Waals surface area contributed by atoms with E-state index in [9.17, 15) is 5.11 Å². The van der Waals surface area contributed by atoms with Gasteiger partial charge in [0.15, 0.2) is 0 Å². The first-order valence-electron chi connectivity index (χ1n) is 4.32. The van der Waals surface area contributed by atoms with Crippen LogP contribution in [0, 0.1) is 13.8 Å². The van der Waals surface area contributed by atoms with E-state index in [1.54, 1.807) is 0 Å². The molecule has 0 spiro atoms. The molecule has 0 fully saturated rings. The fourth-order valence-corrected chi connectivity index (χ4v) is 1.71. The minimum atomic E-state index is 0.394. The van der Waals surface area contributed by atoms with E-state index in [0.29, 0.717) is 11.7 Å². The van der Waals surface area contributed by atoms with E-state index >= 15 is 0 Å². The SMILES string of the molecule is Cc1cc(C)c(C(C)C)c(O)c1. The van der Waals surface area contributed by atoms with Gasteiger partial charge in [-0.3, -0.25) is 0 Å². The molecule has 0 amide bonds. The van der Waals surface area contributed by atoms with Crippen molar-refractivity contribution in [2.24, 2.45) is 0 Å². The normalized spacial score (nSPS) is 10.8. The number of aryl methyl sites for hydroxylation is 2. The Morgan fingerprint density at radius 2 is 1.75 bits per heavy atom. The average Bonchev–Trinajstić information content (AvgIpc) is 1.82. The Bertz CT molecular complexity index is 264. The molecular weight excluding hydrogens is 148 g/mol. The number of rotatable bonds is 1. The molecule has 0 atom stereocenters. The average molecular weight is 164 g/mol. The number of aromatic hydroxyl groups is 1. The van der Waals surface area contributed by atoms with Gasteiger partial charge in [0.2, 0.25) is 0 Å². The maximum atomic E-state index is 9.64. The Balaban J connectivity index is 3.28. The Morgan fingerprint density at radius 1 is 1.17 bits per heavy atom. The molecule has 1 aromatic carbocycles. The Kier molecular flexibility index (Phi) is 2.41. The zero-order chi connectivity index (χ0) is 9.30. The van der Waals surface area contributed by atoms with Crippen molar-refractivity contribution in [3.8, 4) is 5.75 Å². The molecule has 0 saturated heterocycles. The van der Waals surface area contributed by atoms with Crippen molar-refractivity contribution in [3.05, 3.63) is 28.8 Å². The summed E-state index contributed by atoms with van der Waals surface area (Å²) in [6, 6.07) is 3.93. The van der Waals surface area contributed by atoms with Gasteiger partial charge in [0.25, 0.3) is 0 Å². The molecule has 1 heteroatoms. The van der Waals surface area contributed by atoms with Gasteiger partial charge in [-0.1, -0.05) is 19.9 Å². The monoisotopic (exact) mass is 164 g/mol. The van der Waals surface area contributed by atoms with E-state index < -0.39 is 0 Å². The number of benzene rings is 1. The van der Waals surface area contributed by atoms with Crippen molar-refractivity contribution in [3.63, 3.8) is 0 Å². The standard InChI is InChI=1S/C11H16O/c1-7(2)11-9(4)5-8(3)6-10(11)12/h5-7,12H,1-4H3. The molecule has 0 aliphatic rings. The summed E-state index contributed by atoms with van der Waals surface area (Å²) in [6.45, 7) is 8.23. The molecule has 1 nitrogen and oxygen atoms in total. The maximum Gasteiger partial charge on any atom is 0.119 e. The minimum Gasteiger partial charge on any atom is -0.508 e. The van der Waals surface area contributed by atoms with Crippen LogP contribution in [0.2, 0.25) is 0 Å². The lowest BCUT2D eigenvalue weighted by atomic mass is 9.95. The van der Waals surface area contributed by atoms with Gasteiger partial charge >= 0.3 is 0 Å². The fraction of sp³-hybridized carbons (Fsp3) is 0.455. The number of phenols is 1. The predicted molar refractivity (Wildman–Crippen MR) is 51.7 cm³/mol. The summed E-state index contributed by atoms with van der Waals surface area (Å²) in [5, 5.41) is 9.64. The molecule has 0 radical (unpaired) electrons. The van der Waals surface area contributed by atoms with Crippen LogP contribution in [-0.2, 0) is 0 Å². The van der Waals surface area contributed by atoms with E-state index in [1.807, 2.05) is 19.9 Å². The first kappa shape index (κ1) is 9.11. The second-order valence-electron chi connectivity index (χ2n) is 3.67. The van der Waals surface area contributed by atoms with Gasteiger partial charge in [-0.2, -0.15) is 0 Å². The van der Waals surface area contributed by atoms with Gasteiger partial charge in [-0.05, 0) is 42.5 Å². The Hall–Kier alpha value is -0.980. The highest BCUT2D eigenvalue weighted by atomic mass is 16.3. The van der Waals surface area contributed by atoms with Crippen molar-refractivity contribution in [1.82, 2.24) is 0 Å². The zero-order valence-corrected chi connectivity index (χ0v) is 8.18. The quantitative estimate of drug-likeness (QED) is 0.676. The third-order valence-corrected chi connectivity index (χ3v) is 2.09. The van der Waals surface area contributed by atoms with Crippen LogP contribution in [0.25, 0.3) is 0 Å². The largest absolute Gasteiger partial charge is 0.508 e. The number of hydrogen-bond donors (Lipinski definition) is 1. The molecule has 0 aromatic heterocycles. The van der Waals surface area contributed by atoms with Gasteiger partial charge in [-0.15, -0.1) is 0 Å². The summed E-state index contributed by atoms with van der Waals surface area (Å²) in [6.07, 6.45) is 0. The summed E-state index contributed by atoms with van der Waals surface area (Å²) in [5.41, 5.74) is 3.37. The number of phenolic OH excluding ortho intramolecular Hbond substituents is 1. The highest BCUT2D eigenvalue weighted by Gasteiger charge is 2.08. The maximum absolute atomic E-state index is 9.64. The van der Waals surface area contributed by atoms with E-state index in [1.165, 1.54) is 5.56 Å². The van der Waals surface area contributed by atoms with Crippen LogP contribution in [0.3, 0.4) is 0 Å². The van der Waals surface area contributed by atoms with E-state index in [-0.39, 0.29) is 0 Å². The van der Waals surface area contributed by atoms with Crippen molar-refractivity contribution in [2.45, 2.75) is 33.6 Å². The third kappa shape index (κ3) is 1.60. The van der Waals surface area contributed by atoms with Crippen LogP contribution < -0.4 is 0 Å². The molecule has 12 heavy (non-hydrogen) atoms. The summed E-state index contributed by atoms with van der Waals surface area (Å²) in [7, 11) is 0. The fourth-order valence-electron chi connectivity index (χ4n) is 1.71. The molecule has 1 N–H and O–H groups in total. The Morgan fingerprint density at radius 3 is 2.17 bits per heavy atom. The van der Waals surface area contributed by atoms with E-state index in [2.05, 4.69) is 19.9 Å². The number of hydrogen-bond acceptors (Lipinski definition) is 1. The molecule has 1 rings (SSSR count). The Labute approximate surface area is 74.1 Å². The molecular formula is C11H16O. The highest BCUT2D eigenvalue weighted by Crippen LogP contribution is 2.29. The van der Waals surface area contributed by atoms with Crippen LogP contribution in [0.4, 0.5) is 0 Å². The lowest BCUT2D eigenvalue weighted by molar-refractivity contribution is 0.463. The molecule has 0 saturated carbocycles. The lowest BCUT2D eigenvalue weighted by Crippen LogP contribution is -1.93. The zero-order valence-electron chi connectivity index (χ0n) is 8.18. The highest BCUT2D eigenvalue weighted by molar-refractivity contribution is 5.43. The van der Waals surface area contributed by atoms with Crippen LogP contribution in [0.15, 0.2) is 12.1 Å². The minimum absolute atomic E-state index is 0.394. The first-order chi connectivity index (χ1) is 5.52. The molecule has 0 unspecified atom stereocenters. The van der Waals surface area contributed by atoms with E-state index in [0.717, 1.165) is 11.1 Å². The lowest BCUT2D eigenvalue weighted by Gasteiger charge is -2.12. The van der Waals surface area contributed by atoms with Crippen LogP contribution in [0.1, 0.15) is 36.5 Å².